The van der Waals surface area contributed by atoms with Gasteiger partial charge >= 0.3 is 0 Å². The van der Waals surface area contributed by atoms with Gasteiger partial charge in [0.05, 0.1) is 0 Å². The molecule has 0 saturated carbocycles. The summed E-state index contributed by atoms with van der Waals surface area (Å²) in [4.78, 5) is 8.97. The van der Waals surface area contributed by atoms with Gasteiger partial charge in [-0.05, 0) is 0 Å². The average Bonchev–Trinajstić information content (AvgIpc) is 1.41. The summed E-state index contributed by atoms with van der Waals surface area (Å²) in [7, 11) is 0. The number of carbonyl (C=O) groups excluding carboxylic acids is 1. The zero-order chi connectivity index (χ0) is 4.12. The molecule has 2 nitrogen and oxygen atoms in total. The Balaban J connectivity index is 0. The maximum absolute atomic E-state index is 8.97. The molecule has 33 valence electrons. The third-order valence-electron chi connectivity index (χ3n) is 0.113. The first-order valence-electron chi connectivity index (χ1n) is 0.964. The Kier molecular flexibility index (Phi) is 15.4. The van der Waals surface area contributed by atoms with Crippen molar-refractivity contribution in [3.8, 4) is 0 Å². The van der Waals surface area contributed by atoms with Gasteiger partial charge < -0.3 is 9.53 Å². The van der Waals surface area contributed by atoms with Crippen LogP contribution in [0.2, 0.25) is 0 Å². The van der Waals surface area contributed by atoms with Crippen LogP contribution in [0.15, 0.2) is 0 Å². The van der Waals surface area contributed by atoms with E-state index in [2.05, 4.69) is 4.74 Å². The number of hydrogen-bond acceptors (Lipinski definition) is 2. The van der Waals surface area contributed by atoms with E-state index in [1.807, 2.05) is 0 Å². The molecule has 0 aliphatic rings. The number of halogens is 1. The van der Waals surface area contributed by atoms with E-state index in [9.17, 15) is 0 Å². The van der Waals surface area contributed by atoms with E-state index in [0.717, 1.165) is 6.47 Å². The Morgan fingerprint density at radius 2 is 2.33 bits per heavy atom. The molecule has 0 bridgehead atoms. The fraction of sp³-hybridized carbons (Fsp3) is 0.500. The summed E-state index contributed by atoms with van der Waals surface area (Å²) in [5, 5.41) is 0. The normalized spacial score (nSPS) is 5.50. The zero-order valence-electron chi connectivity index (χ0n) is 2.98. The van der Waals surface area contributed by atoms with Gasteiger partial charge in [0.25, 0.3) is 0 Å². The van der Waals surface area contributed by atoms with Gasteiger partial charge in [0, 0.05) is 32.7 Å². The summed E-state index contributed by atoms with van der Waals surface area (Å²) in [5.74, 6) is 0. The molecule has 0 unspecified atom stereocenters. The minimum absolute atomic E-state index is 0. The van der Waals surface area contributed by atoms with Crippen molar-refractivity contribution in [1.82, 2.24) is 0 Å². The van der Waals surface area contributed by atoms with Gasteiger partial charge in [0.1, 0.15) is 6.07 Å². The molecule has 0 aromatic carbocycles. The third kappa shape index (κ3) is 8.85. The van der Waals surface area contributed by atoms with Crippen LogP contribution >= 0.6 is 11.6 Å². The summed E-state index contributed by atoms with van der Waals surface area (Å²) in [5.41, 5.74) is 0. The smallest absolute Gasteiger partial charge is 0.126 e. The first kappa shape index (κ1) is 9.98. The van der Waals surface area contributed by atoms with Crippen molar-refractivity contribution in [2.75, 3.05) is 6.07 Å². The SMILES string of the molecule is O=[C-]OCCl.[Y]. The molecule has 0 heterocycles. The molecule has 0 spiro atoms. The minimum Gasteiger partial charge on any atom is -0.642 e. The van der Waals surface area contributed by atoms with Crippen LogP contribution < -0.4 is 0 Å². The molecular formula is C2H2ClO2Y-. The summed E-state index contributed by atoms with van der Waals surface area (Å²) < 4.78 is 3.79. The number of rotatable bonds is 2. The van der Waals surface area contributed by atoms with Crippen molar-refractivity contribution in [1.29, 1.82) is 0 Å². The zero-order valence-corrected chi connectivity index (χ0v) is 6.57. The first-order valence-corrected chi connectivity index (χ1v) is 1.50. The molecule has 0 aromatic heterocycles. The molecular weight excluding hydrogens is 180 g/mol. The summed E-state index contributed by atoms with van der Waals surface area (Å²) in [6, 6.07) is -0.108. The quantitative estimate of drug-likeness (QED) is 0.452. The van der Waals surface area contributed by atoms with Crippen LogP contribution in [0.5, 0.6) is 0 Å². The van der Waals surface area contributed by atoms with E-state index >= 15 is 0 Å². The number of hydrogen-bond donors (Lipinski definition) is 0. The van der Waals surface area contributed by atoms with Gasteiger partial charge in [-0.25, -0.2) is 0 Å². The summed E-state index contributed by atoms with van der Waals surface area (Å²) in [6.07, 6.45) is 0. The molecule has 0 N–H and O–H groups in total. The molecule has 0 fully saturated rings. The van der Waals surface area contributed by atoms with Crippen molar-refractivity contribution in [2.45, 2.75) is 0 Å². The van der Waals surface area contributed by atoms with Crippen molar-refractivity contribution in [3.05, 3.63) is 0 Å². The molecule has 1 radical (unpaired) electrons. The Bertz CT molecular complexity index is 32.7. The topological polar surface area (TPSA) is 26.3 Å². The van der Waals surface area contributed by atoms with Crippen LogP contribution in [-0.2, 0) is 42.2 Å². The molecule has 0 rings (SSSR count). The van der Waals surface area contributed by atoms with Gasteiger partial charge in [0.2, 0.25) is 0 Å². The van der Waals surface area contributed by atoms with E-state index in [4.69, 9.17) is 16.4 Å². The fourth-order valence-corrected chi connectivity index (χ4v) is 0.0668. The number of ether oxygens (including phenoxy) is 1. The van der Waals surface area contributed by atoms with E-state index < -0.39 is 0 Å². The molecule has 0 atom stereocenters. The molecule has 0 saturated heterocycles. The van der Waals surface area contributed by atoms with Crippen molar-refractivity contribution >= 4 is 18.1 Å². The van der Waals surface area contributed by atoms with Crippen molar-refractivity contribution < 1.29 is 42.2 Å². The molecule has 0 aliphatic heterocycles. The molecule has 4 heteroatoms. The van der Waals surface area contributed by atoms with Crippen LogP contribution in [0, 0.1) is 0 Å². The van der Waals surface area contributed by atoms with Crippen LogP contribution in [0.4, 0.5) is 0 Å². The van der Waals surface area contributed by atoms with E-state index in [1.54, 1.807) is 0 Å². The van der Waals surface area contributed by atoms with Gasteiger partial charge in [0.15, 0.2) is 0 Å². The summed E-state index contributed by atoms with van der Waals surface area (Å²) in [6.45, 7) is 1.14. The van der Waals surface area contributed by atoms with Crippen LogP contribution in [0.25, 0.3) is 0 Å². The van der Waals surface area contributed by atoms with Gasteiger partial charge in [-0.2, -0.15) is 0 Å². The largest absolute Gasteiger partial charge is 0.642 e. The van der Waals surface area contributed by atoms with Gasteiger partial charge in [-0.3, -0.25) is 0 Å². The van der Waals surface area contributed by atoms with E-state index in [0.29, 0.717) is 0 Å². The maximum Gasteiger partial charge on any atom is 0.126 e. The predicted octanol–water partition coefficient (Wildman–Crippen LogP) is 0.264. The van der Waals surface area contributed by atoms with Crippen LogP contribution in [0.3, 0.4) is 0 Å². The first-order chi connectivity index (χ1) is 2.41. The Morgan fingerprint density at radius 3 is 2.33 bits per heavy atom. The second-order valence-corrected chi connectivity index (χ2v) is 0.555. The third-order valence-corrected chi connectivity index (χ3v) is 0.223. The Hall–Kier alpha value is 0.864. The van der Waals surface area contributed by atoms with Crippen LogP contribution in [-0.4, -0.2) is 12.5 Å². The van der Waals surface area contributed by atoms with Gasteiger partial charge in [-0.15, -0.1) is 0 Å². The minimum atomic E-state index is -0.108. The summed E-state index contributed by atoms with van der Waals surface area (Å²) >= 11 is 4.82. The average molecular weight is 182 g/mol. The molecule has 0 aromatic rings. The van der Waals surface area contributed by atoms with E-state index in [1.165, 1.54) is 0 Å². The molecule has 0 aliphatic carbocycles. The second-order valence-electron chi connectivity index (χ2n) is 0.337. The Labute approximate surface area is 66.1 Å². The fourth-order valence-electron chi connectivity index (χ4n) is 0.0223. The van der Waals surface area contributed by atoms with Crippen molar-refractivity contribution in [3.63, 3.8) is 0 Å². The standard InChI is InChI=1S/C2H2ClO2.Y/c3-1-5-2-4;/h1H2;/q-1;. The Morgan fingerprint density at radius 1 is 1.83 bits per heavy atom. The van der Waals surface area contributed by atoms with E-state index in [-0.39, 0.29) is 38.8 Å². The number of alkyl halides is 1. The van der Waals surface area contributed by atoms with Gasteiger partial charge in [-0.1, -0.05) is 18.1 Å². The van der Waals surface area contributed by atoms with Crippen molar-refractivity contribution in [2.24, 2.45) is 0 Å². The molecule has 0 amide bonds. The monoisotopic (exact) mass is 182 g/mol. The maximum atomic E-state index is 8.97. The predicted molar refractivity (Wildman–Crippen MR) is 17.5 cm³/mol. The second kappa shape index (κ2) is 9.29. The molecule has 6 heavy (non-hydrogen) atoms. The van der Waals surface area contributed by atoms with Crippen LogP contribution in [0.1, 0.15) is 0 Å².